The minimum atomic E-state index is -0.432. The Kier molecular flexibility index (Phi) is 5.27. The number of nitrogens with one attached hydrogen (secondary N) is 1. The summed E-state index contributed by atoms with van der Waals surface area (Å²) in [6.07, 6.45) is 3.56. The fraction of sp³-hybridized carbons (Fsp3) is 0.0769. The van der Waals surface area contributed by atoms with Gasteiger partial charge in [-0.2, -0.15) is 4.57 Å². The van der Waals surface area contributed by atoms with E-state index in [1.807, 2.05) is 18.2 Å². The van der Waals surface area contributed by atoms with Crippen LogP contribution in [0.1, 0.15) is 0 Å². The Morgan fingerprint density at radius 2 is 1.78 bits per heavy atom. The van der Waals surface area contributed by atoms with Crippen molar-refractivity contribution in [1.29, 1.82) is 0 Å². The van der Waals surface area contributed by atoms with Crippen LogP contribution in [0.4, 0.5) is 10.1 Å². The zero-order chi connectivity index (χ0) is 12.1. The molecule has 0 atom stereocenters. The van der Waals surface area contributed by atoms with Crippen molar-refractivity contribution in [1.82, 2.24) is 0 Å². The van der Waals surface area contributed by atoms with Crippen molar-refractivity contribution in [3.63, 3.8) is 0 Å². The molecule has 0 aliphatic rings. The van der Waals surface area contributed by atoms with E-state index in [1.54, 1.807) is 29.1 Å². The van der Waals surface area contributed by atoms with E-state index in [9.17, 15) is 9.18 Å². The molecule has 1 aromatic heterocycles. The van der Waals surface area contributed by atoms with Gasteiger partial charge in [-0.15, -0.1) is 12.4 Å². The normalized spacial score (nSPS) is 9.39. The van der Waals surface area contributed by atoms with Gasteiger partial charge in [0.05, 0.1) is 5.69 Å². The van der Waals surface area contributed by atoms with Gasteiger partial charge in [0, 0.05) is 12.1 Å². The van der Waals surface area contributed by atoms with Crippen LogP contribution in [-0.4, -0.2) is 5.91 Å². The number of rotatable bonds is 3. The summed E-state index contributed by atoms with van der Waals surface area (Å²) in [5.74, 6) is -0.690. The number of para-hydroxylation sites is 1. The molecule has 5 heteroatoms. The topological polar surface area (TPSA) is 33.0 Å². The van der Waals surface area contributed by atoms with Crippen LogP contribution >= 0.6 is 12.4 Å². The van der Waals surface area contributed by atoms with Crippen LogP contribution in [-0.2, 0) is 11.3 Å². The Balaban J connectivity index is 0.00000162. The third kappa shape index (κ3) is 3.82. The highest BCUT2D eigenvalue weighted by atomic mass is 35.5. The number of benzene rings is 1. The lowest BCUT2D eigenvalue weighted by molar-refractivity contribution is -0.684. The van der Waals surface area contributed by atoms with E-state index < -0.39 is 5.82 Å². The minimum Gasteiger partial charge on any atom is -0.318 e. The standard InChI is InChI=1S/C13H11FN2O.ClH/c14-11-6-2-3-7-12(11)15-13(17)10-16-8-4-1-5-9-16;/h1-9H,10H2;1H/p+1. The molecule has 1 aromatic carbocycles. The molecule has 0 aliphatic heterocycles. The van der Waals surface area contributed by atoms with Gasteiger partial charge in [0.2, 0.25) is 6.54 Å². The van der Waals surface area contributed by atoms with Gasteiger partial charge in [0.15, 0.2) is 12.4 Å². The average Bonchev–Trinajstić information content (AvgIpc) is 2.33. The van der Waals surface area contributed by atoms with E-state index in [-0.39, 0.29) is 30.5 Å². The number of pyridine rings is 1. The highest BCUT2D eigenvalue weighted by Crippen LogP contribution is 2.11. The maximum Gasteiger partial charge on any atom is 0.290 e. The Labute approximate surface area is 111 Å². The number of carbonyl (C=O) groups is 1. The summed E-state index contributed by atoms with van der Waals surface area (Å²) >= 11 is 0. The first-order valence-corrected chi connectivity index (χ1v) is 5.24. The maximum atomic E-state index is 13.3. The van der Waals surface area contributed by atoms with Crippen LogP contribution in [0.3, 0.4) is 0 Å². The van der Waals surface area contributed by atoms with Crippen LogP contribution in [0.15, 0.2) is 54.9 Å². The Hall–Kier alpha value is -1.94. The van der Waals surface area contributed by atoms with Crippen molar-refractivity contribution < 1.29 is 13.8 Å². The summed E-state index contributed by atoms with van der Waals surface area (Å²) in [6.45, 7) is 0.162. The van der Waals surface area contributed by atoms with E-state index in [2.05, 4.69) is 5.32 Å². The van der Waals surface area contributed by atoms with Crippen molar-refractivity contribution in [2.24, 2.45) is 0 Å². The molecule has 0 spiro atoms. The number of amides is 1. The Bertz CT molecular complexity index is 519. The fourth-order valence-electron chi connectivity index (χ4n) is 1.46. The number of hydrogen-bond acceptors (Lipinski definition) is 1. The molecule has 1 heterocycles. The highest BCUT2D eigenvalue weighted by Gasteiger charge is 2.10. The van der Waals surface area contributed by atoms with Crippen LogP contribution in [0.25, 0.3) is 0 Å². The molecule has 94 valence electrons. The van der Waals surface area contributed by atoms with Crippen LogP contribution in [0.2, 0.25) is 0 Å². The van der Waals surface area contributed by atoms with Gasteiger partial charge in [-0.1, -0.05) is 18.2 Å². The third-order valence-corrected chi connectivity index (χ3v) is 2.25. The number of halogens is 2. The van der Waals surface area contributed by atoms with E-state index in [0.29, 0.717) is 0 Å². The maximum absolute atomic E-state index is 13.3. The lowest BCUT2D eigenvalue weighted by atomic mass is 10.3. The molecule has 1 amide bonds. The molecule has 18 heavy (non-hydrogen) atoms. The quantitative estimate of drug-likeness (QED) is 0.850. The molecule has 0 aliphatic carbocycles. The Morgan fingerprint density at radius 1 is 1.11 bits per heavy atom. The first-order valence-electron chi connectivity index (χ1n) is 5.24. The molecule has 0 fully saturated rings. The molecule has 3 nitrogen and oxygen atoms in total. The summed E-state index contributed by atoms with van der Waals surface area (Å²) in [7, 11) is 0. The summed E-state index contributed by atoms with van der Waals surface area (Å²) in [6, 6.07) is 11.6. The SMILES string of the molecule is Cl.O=C(C[n+]1ccccc1)Nc1ccccc1F. The van der Waals surface area contributed by atoms with Gasteiger partial charge in [0.1, 0.15) is 5.82 Å². The summed E-state index contributed by atoms with van der Waals surface area (Å²) < 4.78 is 15.0. The van der Waals surface area contributed by atoms with Crippen molar-refractivity contribution >= 4 is 24.0 Å². The van der Waals surface area contributed by atoms with Gasteiger partial charge < -0.3 is 5.32 Å². The number of nitrogens with zero attached hydrogens (tertiary/aromatic N) is 1. The predicted octanol–water partition coefficient (Wildman–Crippen LogP) is 2.17. The Morgan fingerprint density at radius 3 is 2.44 bits per heavy atom. The second kappa shape index (κ2) is 6.71. The molecule has 0 unspecified atom stereocenters. The van der Waals surface area contributed by atoms with Crippen LogP contribution in [0.5, 0.6) is 0 Å². The molecular formula is C13H13ClFN2O+. The number of aromatic nitrogens is 1. The summed E-state index contributed by atoms with van der Waals surface area (Å²) in [5.41, 5.74) is 0.203. The van der Waals surface area contributed by atoms with Gasteiger partial charge in [-0.3, -0.25) is 4.79 Å². The summed E-state index contributed by atoms with van der Waals surface area (Å²) in [5, 5.41) is 2.52. The van der Waals surface area contributed by atoms with Gasteiger partial charge in [0.25, 0.3) is 5.91 Å². The molecular weight excluding hydrogens is 255 g/mol. The number of anilines is 1. The lowest BCUT2D eigenvalue weighted by Gasteiger charge is -2.03. The van der Waals surface area contributed by atoms with E-state index in [1.165, 1.54) is 12.1 Å². The van der Waals surface area contributed by atoms with Crippen molar-refractivity contribution in [2.45, 2.75) is 6.54 Å². The van der Waals surface area contributed by atoms with E-state index in [4.69, 9.17) is 0 Å². The van der Waals surface area contributed by atoms with E-state index in [0.717, 1.165) is 0 Å². The molecule has 2 aromatic rings. The van der Waals surface area contributed by atoms with Gasteiger partial charge in [-0.05, 0) is 12.1 Å². The molecule has 1 N–H and O–H groups in total. The van der Waals surface area contributed by atoms with Crippen molar-refractivity contribution in [3.8, 4) is 0 Å². The van der Waals surface area contributed by atoms with Crippen LogP contribution < -0.4 is 9.88 Å². The molecule has 0 bridgehead atoms. The first-order chi connectivity index (χ1) is 8.25. The second-order valence-electron chi connectivity index (χ2n) is 3.58. The smallest absolute Gasteiger partial charge is 0.290 e. The van der Waals surface area contributed by atoms with Gasteiger partial charge in [-0.25, -0.2) is 4.39 Å². The fourth-order valence-corrected chi connectivity index (χ4v) is 1.46. The van der Waals surface area contributed by atoms with Crippen molar-refractivity contribution in [3.05, 3.63) is 60.7 Å². The summed E-state index contributed by atoms with van der Waals surface area (Å²) in [4.78, 5) is 11.6. The van der Waals surface area contributed by atoms with Crippen LogP contribution in [0, 0.1) is 5.82 Å². The molecule has 0 radical (unpaired) electrons. The van der Waals surface area contributed by atoms with E-state index >= 15 is 0 Å². The highest BCUT2D eigenvalue weighted by molar-refractivity contribution is 5.89. The number of carbonyl (C=O) groups excluding carboxylic acids is 1. The molecule has 2 rings (SSSR count). The minimum absolute atomic E-state index is 0. The molecule has 0 saturated carbocycles. The van der Waals surface area contributed by atoms with Crippen molar-refractivity contribution in [2.75, 3.05) is 5.32 Å². The first kappa shape index (κ1) is 14.1. The number of hydrogen-bond donors (Lipinski definition) is 1. The second-order valence-corrected chi connectivity index (χ2v) is 3.58. The monoisotopic (exact) mass is 267 g/mol. The average molecular weight is 268 g/mol. The van der Waals surface area contributed by atoms with Gasteiger partial charge >= 0.3 is 0 Å². The zero-order valence-corrected chi connectivity index (χ0v) is 10.4. The largest absolute Gasteiger partial charge is 0.318 e. The third-order valence-electron chi connectivity index (χ3n) is 2.25. The molecule has 0 saturated heterocycles. The predicted molar refractivity (Wildman–Crippen MR) is 68.9 cm³/mol. The zero-order valence-electron chi connectivity index (χ0n) is 9.54. The lowest BCUT2D eigenvalue weighted by Crippen LogP contribution is -2.39.